The Morgan fingerprint density at radius 1 is 1.29 bits per heavy atom. The van der Waals surface area contributed by atoms with E-state index in [0.717, 1.165) is 13.1 Å². The minimum absolute atomic E-state index is 0.290. The molecule has 1 aromatic heterocycles. The zero-order chi connectivity index (χ0) is 26.1. The lowest BCUT2D eigenvalue weighted by atomic mass is 9.85. The number of rotatable bonds is 9. The molecule has 0 radical (unpaired) electrons. The lowest BCUT2D eigenvalue weighted by molar-refractivity contribution is -0.0798. The molecule has 1 aliphatic heterocycles. The van der Waals surface area contributed by atoms with Crippen molar-refractivity contribution in [3.8, 4) is 11.8 Å². The van der Waals surface area contributed by atoms with Crippen molar-refractivity contribution >= 4 is 29.3 Å². The highest BCUT2D eigenvalue weighted by atomic mass is 31.3. The summed E-state index contributed by atoms with van der Waals surface area (Å²) in [7, 11) is -17.1. The number of halogens is 1. The number of nitrogens with two attached hydrogens (primary N) is 1. The van der Waals surface area contributed by atoms with E-state index in [2.05, 4.69) is 35.1 Å². The largest absolute Gasteiger partial charge is 0.490 e. The molecule has 0 saturated carbocycles. The van der Waals surface area contributed by atoms with E-state index in [1.165, 1.54) is 6.92 Å². The molecule has 2 heterocycles. The second-order valence-electron chi connectivity index (χ2n) is 6.70. The van der Waals surface area contributed by atoms with E-state index in [1.807, 2.05) is 0 Å². The fourth-order valence-electron chi connectivity index (χ4n) is 3.11. The van der Waals surface area contributed by atoms with Gasteiger partial charge in [0, 0.05) is 0 Å². The van der Waals surface area contributed by atoms with Crippen molar-refractivity contribution in [1.29, 1.82) is 0 Å². The van der Waals surface area contributed by atoms with Gasteiger partial charge in [-0.25, -0.2) is 22.9 Å². The van der Waals surface area contributed by atoms with Crippen LogP contribution in [0, 0.1) is 17.8 Å². The summed E-state index contributed by atoms with van der Waals surface area (Å²) in [5, 5.41) is 13.4. The molecule has 1 fully saturated rings. The molecule has 1 aliphatic rings. The lowest BCUT2D eigenvalue weighted by Gasteiger charge is -2.27. The van der Waals surface area contributed by atoms with Crippen molar-refractivity contribution < 1.29 is 60.6 Å². The highest BCUT2D eigenvalue weighted by Crippen LogP contribution is 2.67. The summed E-state index contributed by atoms with van der Waals surface area (Å²) in [6.45, 7) is 1.26. The second-order valence-corrected chi connectivity index (χ2v) is 11.1. The third-order valence-electron chi connectivity index (χ3n) is 4.23. The third kappa shape index (κ3) is 6.76. The molecular formula is C13H20FN4O13P3. The first-order chi connectivity index (χ1) is 15.4. The predicted octanol–water partition coefficient (Wildman–Crippen LogP) is -0.810. The molecule has 7 N–H and O–H groups in total. The Labute approximate surface area is 190 Å². The standard InChI is InChI=1S/C13H20FN4O13P3/c1-3-4-13(14)8(6-19)10(28-11(13)18-12(20)17-9(15)5-16-18)7(2)29-33(24,25)31-34(26,27)30-32(21,22)23/h5,7-8,10-11,19H,6H2,1-2H3,(H,24,25)(H,26,27)(H2,15,17,20)(H2,21,22,23)/t7-,8?,10+,11+,13?/m0/s1. The van der Waals surface area contributed by atoms with Crippen LogP contribution >= 0.6 is 23.5 Å². The molecule has 2 rings (SSSR count). The first kappa shape index (κ1) is 28.7. The molecular weight excluding hydrogens is 532 g/mol. The van der Waals surface area contributed by atoms with Crippen LogP contribution in [0.25, 0.3) is 0 Å². The second kappa shape index (κ2) is 10.2. The van der Waals surface area contributed by atoms with Crippen molar-refractivity contribution in [3.05, 3.63) is 16.7 Å². The molecule has 0 amide bonds. The summed E-state index contributed by atoms with van der Waals surface area (Å²) >= 11 is 0. The quantitative estimate of drug-likeness (QED) is 0.162. The highest BCUT2D eigenvalue weighted by Gasteiger charge is 2.60. The summed E-state index contributed by atoms with van der Waals surface area (Å²) in [6, 6.07) is 0. The van der Waals surface area contributed by atoms with E-state index in [4.69, 9.17) is 20.3 Å². The highest BCUT2D eigenvalue weighted by molar-refractivity contribution is 7.66. The Morgan fingerprint density at radius 3 is 2.41 bits per heavy atom. The first-order valence-electron chi connectivity index (χ1n) is 8.87. The van der Waals surface area contributed by atoms with E-state index < -0.39 is 65.8 Å². The Kier molecular flexibility index (Phi) is 8.60. The van der Waals surface area contributed by atoms with Gasteiger partial charge in [0.25, 0.3) is 0 Å². The predicted molar refractivity (Wildman–Crippen MR) is 107 cm³/mol. The zero-order valence-corrected chi connectivity index (χ0v) is 19.9. The maximum atomic E-state index is 16.0. The SMILES string of the molecule is CC#CC1(F)C(CO)[C@@H]([C@H](C)OP(=O)(O)OP(=O)(O)OP(=O)(O)O)O[C@H]1n1ncc(N)nc1=O. The Hall–Kier alpha value is -1.57. The zero-order valence-electron chi connectivity index (χ0n) is 17.2. The van der Waals surface area contributed by atoms with Gasteiger partial charge in [0.05, 0.1) is 30.9 Å². The molecule has 0 spiro atoms. The third-order valence-corrected chi connectivity index (χ3v) is 8.16. The number of hydrogen-bond acceptors (Lipinski definition) is 12. The maximum absolute atomic E-state index is 16.0. The van der Waals surface area contributed by atoms with Gasteiger partial charge in [0.1, 0.15) is 5.82 Å². The van der Waals surface area contributed by atoms with Crippen LogP contribution in [-0.2, 0) is 31.6 Å². The van der Waals surface area contributed by atoms with Crippen molar-refractivity contribution in [2.75, 3.05) is 12.3 Å². The van der Waals surface area contributed by atoms with Crippen LogP contribution in [0.2, 0.25) is 0 Å². The topological polar surface area (TPSA) is 263 Å². The van der Waals surface area contributed by atoms with Gasteiger partial charge < -0.3 is 35.2 Å². The van der Waals surface area contributed by atoms with Crippen molar-refractivity contribution in [2.24, 2.45) is 5.92 Å². The maximum Gasteiger partial charge on any atom is 0.490 e. The number of nitrogens with zero attached hydrogens (tertiary/aromatic N) is 3. The lowest BCUT2D eigenvalue weighted by Crippen LogP contribution is -2.44. The van der Waals surface area contributed by atoms with Gasteiger partial charge in [-0.1, -0.05) is 5.92 Å². The van der Waals surface area contributed by atoms with Crippen LogP contribution in [0.1, 0.15) is 20.1 Å². The van der Waals surface area contributed by atoms with Crippen LogP contribution in [-0.4, -0.2) is 63.9 Å². The minimum Gasteiger partial charge on any atom is -0.396 e. The van der Waals surface area contributed by atoms with Gasteiger partial charge in [0.2, 0.25) is 11.9 Å². The van der Waals surface area contributed by atoms with Gasteiger partial charge in [-0.2, -0.15) is 23.4 Å². The van der Waals surface area contributed by atoms with Gasteiger partial charge in [-0.15, -0.1) is 5.92 Å². The van der Waals surface area contributed by atoms with E-state index in [1.54, 1.807) is 0 Å². The minimum atomic E-state index is -5.82. The van der Waals surface area contributed by atoms with Crippen molar-refractivity contribution in [2.45, 2.75) is 38.0 Å². The molecule has 17 nitrogen and oxygen atoms in total. The summed E-state index contributed by atoms with van der Waals surface area (Å²) in [6.07, 6.45) is -4.42. The van der Waals surface area contributed by atoms with Crippen LogP contribution in [0.3, 0.4) is 0 Å². The number of phosphoric ester groups is 1. The smallest absolute Gasteiger partial charge is 0.396 e. The van der Waals surface area contributed by atoms with Gasteiger partial charge in [0.15, 0.2) is 0 Å². The van der Waals surface area contributed by atoms with E-state index in [0.29, 0.717) is 4.68 Å². The van der Waals surface area contributed by atoms with Crippen LogP contribution in [0.4, 0.5) is 10.2 Å². The molecule has 0 aromatic carbocycles. The number of aliphatic hydroxyl groups is 1. The molecule has 1 aromatic rings. The number of aliphatic hydroxyl groups excluding tert-OH is 1. The monoisotopic (exact) mass is 552 g/mol. The molecule has 0 aliphatic carbocycles. The van der Waals surface area contributed by atoms with E-state index in [9.17, 15) is 33.4 Å². The fourth-order valence-corrected chi connectivity index (χ4v) is 6.31. The molecule has 4 unspecified atom stereocenters. The average Bonchev–Trinajstić information content (AvgIpc) is 2.90. The normalized spacial score (nSPS) is 29.5. The summed E-state index contributed by atoms with van der Waals surface area (Å²) in [5.41, 5.74) is 1.38. The van der Waals surface area contributed by atoms with Gasteiger partial charge in [-0.05, 0) is 13.8 Å². The molecule has 1 saturated heterocycles. The number of aromatic nitrogens is 3. The van der Waals surface area contributed by atoms with Crippen molar-refractivity contribution in [1.82, 2.24) is 14.8 Å². The number of nitrogen functional groups attached to an aromatic ring is 1. The molecule has 192 valence electrons. The number of phosphoric acid groups is 3. The van der Waals surface area contributed by atoms with Crippen LogP contribution in [0.15, 0.2) is 11.0 Å². The van der Waals surface area contributed by atoms with Crippen molar-refractivity contribution in [3.63, 3.8) is 0 Å². The summed E-state index contributed by atoms with van der Waals surface area (Å²) < 4.78 is 68.1. The van der Waals surface area contributed by atoms with Crippen LogP contribution in [0.5, 0.6) is 0 Å². The van der Waals surface area contributed by atoms with E-state index in [-0.39, 0.29) is 5.82 Å². The summed E-state index contributed by atoms with van der Waals surface area (Å²) in [4.78, 5) is 51.7. The van der Waals surface area contributed by atoms with Gasteiger partial charge in [-0.3, -0.25) is 4.52 Å². The van der Waals surface area contributed by atoms with Gasteiger partial charge >= 0.3 is 29.2 Å². The number of anilines is 1. The molecule has 21 heteroatoms. The fraction of sp³-hybridized carbons (Fsp3) is 0.615. The Bertz CT molecular complexity index is 1180. The summed E-state index contributed by atoms with van der Waals surface area (Å²) in [5.74, 6) is 2.49. The van der Waals surface area contributed by atoms with Crippen LogP contribution < -0.4 is 11.4 Å². The Morgan fingerprint density at radius 2 is 1.91 bits per heavy atom. The molecule has 0 bridgehead atoms. The molecule has 7 atom stereocenters. The average molecular weight is 552 g/mol. The first-order valence-corrected chi connectivity index (χ1v) is 13.4. The number of ether oxygens (including phenoxy) is 1. The Balaban J connectivity index is 2.37. The number of hydrogen-bond donors (Lipinski definition) is 6. The molecule has 34 heavy (non-hydrogen) atoms. The van der Waals surface area contributed by atoms with E-state index >= 15 is 4.39 Å². The number of alkyl halides is 1.